The van der Waals surface area contributed by atoms with Gasteiger partial charge in [-0.15, -0.1) is 13.2 Å². The van der Waals surface area contributed by atoms with E-state index in [2.05, 4.69) is 13.2 Å². The van der Waals surface area contributed by atoms with Gasteiger partial charge in [0.2, 0.25) is 0 Å². The first-order chi connectivity index (χ1) is 8.80. The lowest BCUT2D eigenvalue weighted by molar-refractivity contribution is 0.112. The van der Waals surface area contributed by atoms with Crippen LogP contribution >= 0.6 is 8.60 Å². The summed E-state index contributed by atoms with van der Waals surface area (Å²) in [5.74, 6) is 0.583. The summed E-state index contributed by atoms with van der Waals surface area (Å²) in [5.41, 5.74) is 0.589. The van der Waals surface area contributed by atoms with Crippen LogP contribution in [0.1, 0.15) is 10.4 Å². The van der Waals surface area contributed by atoms with Crippen molar-refractivity contribution in [3.63, 3.8) is 0 Å². The van der Waals surface area contributed by atoms with E-state index in [0.29, 0.717) is 24.5 Å². The van der Waals surface area contributed by atoms with Gasteiger partial charge >= 0.3 is 8.60 Å². The minimum atomic E-state index is -1.49. The summed E-state index contributed by atoms with van der Waals surface area (Å²) in [4.78, 5) is 10.5. The van der Waals surface area contributed by atoms with E-state index in [-0.39, 0.29) is 0 Å². The predicted molar refractivity (Wildman–Crippen MR) is 71.7 cm³/mol. The summed E-state index contributed by atoms with van der Waals surface area (Å²) in [6.45, 7) is 7.80. The van der Waals surface area contributed by atoms with Crippen LogP contribution in [0.3, 0.4) is 0 Å². The molecule has 1 aromatic rings. The zero-order valence-corrected chi connectivity index (χ0v) is 10.8. The fraction of sp³-hybridized carbons (Fsp3) is 0.154. The normalized spacial score (nSPS) is 10.1. The van der Waals surface area contributed by atoms with Crippen molar-refractivity contribution in [1.29, 1.82) is 0 Å². The molecule has 1 aromatic carbocycles. The van der Waals surface area contributed by atoms with Crippen LogP contribution in [-0.2, 0) is 9.05 Å². The first-order valence-electron chi connectivity index (χ1n) is 5.31. The van der Waals surface area contributed by atoms with Crippen LogP contribution in [0.4, 0.5) is 0 Å². The van der Waals surface area contributed by atoms with Gasteiger partial charge in [-0.05, 0) is 24.3 Å². The molecule has 0 aliphatic heterocycles. The molecule has 0 fully saturated rings. The highest BCUT2D eigenvalue weighted by Gasteiger charge is 2.13. The maximum absolute atomic E-state index is 10.5. The Morgan fingerprint density at radius 1 is 1.06 bits per heavy atom. The van der Waals surface area contributed by atoms with E-state index < -0.39 is 8.60 Å². The fourth-order valence-corrected chi connectivity index (χ4v) is 1.94. The maximum Gasteiger partial charge on any atom is 0.397 e. The Bertz CT molecular complexity index is 376. The first kappa shape index (κ1) is 14.6. The average Bonchev–Trinajstić information content (AvgIpc) is 2.42. The summed E-state index contributed by atoms with van der Waals surface area (Å²) < 4.78 is 16.2. The smallest absolute Gasteiger partial charge is 0.397 e. The topological polar surface area (TPSA) is 44.8 Å². The number of carbonyl (C=O) groups is 1. The molecule has 1 rings (SSSR count). The number of carbonyl (C=O) groups excluding carboxylic acids is 1. The molecule has 0 aromatic heterocycles. The molecule has 0 saturated carbocycles. The third-order valence-corrected chi connectivity index (χ3v) is 2.87. The lowest BCUT2D eigenvalue weighted by atomic mass is 10.2. The van der Waals surface area contributed by atoms with Gasteiger partial charge < -0.3 is 4.52 Å². The molecule has 96 valence electrons. The van der Waals surface area contributed by atoms with Crippen LogP contribution in [-0.4, -0.2) is 19.5 Å². The number of benzene rings is 1. The van der Waals surface area contributed by atoms with Crippen molar-refractivity contribution in [2.75, 3.05) is 13.2 Å². The van der Waals surface area contributed by atoms with Crippen molar-refractivity contribution in [1.82, 2.24) is 0 Å². The Hall–Kier alpha value is -1.48. The molecular weight excluding hydrogens is 251 g/mol. The molecule has 0 N–H and O–H groups in total. The highest BCUT2D eigenvalue weighted by molar-refractivity contribution is 7.42. The van der Waals surface area contributed by atoms with Crippen LogP contribution in [0.5, 0.6) is 5.75 Å². The largest absolute Gasteiger partial charge is 0.427 e. The SMILES string of the molecule is C=CCOP(OCC=C)Oc1ccc(C=O)cc1. The second-order valence-corrected chi connectivity index (χ2v) is 4.32. The second-order valence-electron chi connectivity index (χ2n) is 3.17. The van der Waals surface area contributed by atoms with Gasteiger partial charge in [-0.25, -0.2) is 0 Å². The third-order valence-electron chi connectivity index (χ3n) is 1.79. The van der Waals surface area contributed by atoms with Gasteiger partial charge in [0.25, 0.3) is 0 Å². The molecule has 0 aliphatic carbocycles. The van der Waals surface area contributed by atoms with Crippen LogP contribution in [0.2, 0.25) is 0 Å². The average molecular weight is 266 g/mol. The molecule has 0 heterocycles. The van der Waals surface area contributed by atoms with E-state index in [9.17, 15) is 4.79 Å². The monoisotopic (exact) mass is 266 g/mol. The van der Waals surface area contributed by atoms with Gasteiger partial charge in [0.05, 0.1) is 13.2 Å². The first-order valence-corrected chi connectivity index (χ1v) is 6.40. The van der Waals surface area contributed by atoms with E-state index >= 15 is 0 Å². The molecule has 0 unspecified atom stereocenters. The number of hydrogen-bond acceptors (Lipinski definition) is 4. The van der Waals surface area contributed by atoms with Gasteiger partial charge in [0.1, 0.15) is 12.0 Å². The van der Waals surface area contributed by atoms with E-state index in [4.69, 9.17) is 13.6 Å². The van der Waals surface area contributed by atoms with Crippen molar-refractivity contribution in [3.05, 3.63) is 55.1 Å². The van der Waals surface area contributed by atoms with Gasteiger partial charge in [-0.1, -0.05) is 12.2 Å². The third kappa shape index (κ3) is 5.23. The highest BCUT2D eigenvalue weighted by atomic mass is 31.2. The summed E-state index contributed by atoms with van der Waals surface area (Å²) in [6, 6.07) is 6.70. The Balaban J connectivity index is 2.58. The van der Waals surface area contributed by atoms with Crippen molar-refractivity contribution >= 4 is 14.9 Å². The summed E-state index contributed by atoms with van der Waals surface area (Å²) in [5, 5.41) is 0. The van der Waals surface area contributed by atoms with Crippen molar-refractivity contribution in [2.45, 2.75) is 0 Å². The zero-order chi connectivity index (χ0) is 13.2. The van der Waals surface area contributed by atoms with Crippen LogP contribution in [0, 0.1) is 0 Å². The van der Waals surface area contributed by atoms with Crippen molar-refractivity contribution in [3.8, 4) is 5.75 Å². The van der Waals surface area contributed by atoms with Gasteiger partial charge in [0.15, 0.2) is 0 Å². The molecule has 0 atom stereocenters. The quantitative estimate of drug-likeness (QED) is 0.390. The standard InChI is InChI=1S/C13H15O4P/c1-3-9-15-18(16-10-4-2)17-13-7-5-12(11-14)6-8-13/h3-8,11H,1-2,9-10H2. The van der Waals surface area contributed by atoms with Crippen LogP contribution < -0.4 is 4.52 Å². The maximum atomic E-state index is 10.5. The Labute approximate surface area is 108 Å². The molecular formula is C13H15O4P. The predicted octanol–water partition coefficient (Wildman–Crippen LogP) is 3.51. The van der Waals surface area contributed by atoms with E-state index in [1.807, 2.05) is 0 Å². The lowest BCUT2D eigenvalue weighted by Crippen LogP contribution is -1.98. The fourth-order valence-electron chi connectivity index (χ4n) is 1.01. The molecule has 0 radical (unpaired) electrons. The number of rotatable bonds is 9. The molecule has 0 spiro atoms. The molecule has 0 aliphatic rings. The molecule has 0 bridgehead atoms. The van der Waals surface area contributed by atoms with Crippen LogP contribution in [0.25, 0.3) is 0 Å². The van der Waals surface area contributed by atoms with Gasteiger partial charge in [-0.2, -0.15) is 0 Å². The Morgan fingerprint density at radius 3 is 2.06 bits per heavy atom. The summed E-state index contributed by atoms with van der Waals surface area (Å²) in [7, 11) is -1.49. The summed E-state index contributed by atoms with van der Waals surface area (Å²) >= 11 is 0. The van der Waals surface area contributed by atoms with Crippen molar-refractivity contribution < 1.29 is 18.4 Å². The van der Waals surface area contributed by atoms with E-state index in [1.54, 1.807) is 36.4 Å². The zero-order valence-electron chi connectivity index (χ0n) is 9.95. The van der Waals surface area contributed by atoms with E-state index in [1.165, 1.54) is 0 Å². The highest BCUT2D eigenvalue weighted by Crippen LogP contribution is 2.40. The lowest BCUT2D eigenvalue weighted by Gasteiger charge is -2.15. The number of hydrogen-bond donors (Lipinski definition) is 0. The molecule has 0 amide bonds. The molecule has 5 heteroatoms. The van der Waals surface area contributed by atoms with Crippen LogP contribution in [0.15, 0.2) is 49.6 Å². The Morgan fingerprint density at radius 2 is 1.61 bits per heavy atom. The van der Waals surface area contributed by atoms with Gasteiger partial charge in [-0.3, -0.25) is 13.8 Å². The van der Waals surface area contributed by atoms with Crippen molar-refractivity contribution in [2.24, 2.45) is 0 Å². The second kappa shape index (κ2) is 8.59. The minimum absolute atomic E-state index is 0.343. The molecule has 0 saturated heterocycles. The molecule has 4 nitrogen and oxygen atoms in total. The summed E-state index contributed by atoms with van der Waals surface area (Å²) in [6.07, 6.45) is 4.01. The van der Waals surface area contributed by atoms with E-state index in [0.717, 1.165) is 6.29 Å². The number of aldehydes is 1. The van der Waals surface area contributed by atoms with Gasteiger partial charge in [0, 0.05) is 5.56 Å². The Kier molecular flexibility index (Phi) is 6.96. The molecule has 18 heavy (non-hydrogen) atoms. The minimum Gasteiger partial charge on any atom is -0.427 e.